The first-order valence-electron chi connectivity index (χ1n) is 8.67. The van der Waals surface area contributed by atoms with Crippen molar-refractivity contribution in [3.63, 3.8) is 0 Å². The smallest absolute Gasteiger partial charge is 0.253 e. The second-order valence-corrected chi connectivity index (χ2v) is 6.43. The fourth-order valence-electron chi connectivity index (χ4n) is 3.43. The number of nitrogens with one attached hydrogen (secondary N) is 1. The third kappa shape index (κ3) is 3.44. The largest absolute Gasteiger partial charge is 0.372 e. The first-order chi connectivity index (χ1) is 11.2. The van der Waals surface area contributed by atoms with Crippen molar-refractivity contribution >= 4 is 23.0 Å². The zero-order valence-corrected chi connectivity index (χ0v) is 14.2. The van der Waals surface area contributed by atoms with Gasteiger partial charge in [-0.25, -0.2) is 0 Å². The molecular formula is C18H27N3O2. The lowest BCUT2D eigenvalue weighted by atomic mass is 10.1. The number of anilines is 3. The number of benzene rings is 1. The Hall–Kier alpha value is -1.75. The molecule has 0 saturated carbocycles. The highest BCUT2D eigenvalue weighted by molar-refractivity contribution is 6.01. The van der Waals surface area contributed by atoms with E-state index in [1.165, 1.54) is 25.7 Å². The lowest BCUT2D eigenvalue weighted by molar-refractivity contribution is -0.124. The van der Waals surface area contributed by atoms with Gasteiger partial charge in [-0.3, -0.25) is 4.79 Å². The third-order valence-corrected chi connectivity index (χ3v) is 4.88. The van der Waals surface area contributed by atoms with Gasteiger partial charge in [0.15, 0.2) is 0 Å². The van der Waals surface area contributed by atoms with Crippen LogP contribution in [0.1, 0.15) is 32.6 Å². The van der Waals surface area contributed by atoms with E-state index in [0.29, 0.717) is 0 Å². The summed E-state index contributed by atoms with van der Waals surface area (Å²) in [6, 6.07) is 6.35. The highest BCUT2D eigenvalue weighted by Gasteiger charge is 2.24. The lowest BCUT2D eigenvalue weighted by Gasteiger charge is -2.28. The molecule has 23 heavy (non-hydrogen) atoms. The van der Waals surface area contributed by atoms with Crippen molar-refractivity contribution < 1.29 is 9.53 Å². The predicted octanol–water partition coefficient (Wildman–Crippen LogP) is 2.86. The van der Waals surface area contributed by atoms with Crippen molar-refractivity contribution in [2.75, 3.05) is 48.4 Å². The van der Waals surface area contributed by atoms with Gasteiger partial charge >= 0.3 is 0 Å². The second-order valence-electron chi connectivity index (χ2n) is 6.43. The van der Waals surface area contributed by atoms with Gasteiger partial charge in [0.2, 0.25) is 0 Å². The molecule has 2 saturated heterocycles. The molecule has 2 aliphatic rings. The fraction of sp³-hybridized carbons (Fsp3) is 0.611. The van der Waals surface area contributed by atoms with E-state index in [0.717, 1.165) is 43.2 Å². The van der Waals surface area contributed by atoms with Crippen molar-refractivity contribution in [1.82, 2.24) is 0 Å². The molecule has 0 spiro atoms. The van der Waals surface area contributed by atoms with E-state index < -0.39 is 6.10 Å². The minimum Gasteiger partial charge on any atom is -0.372 e. The molecule has 1 N–H and O–H groups in total. The number of methoxy groups -OCH3 is 1. The van der Waals surface area contributed by atoms with E-state index in [4.69, 9.17) is 4.74 Å². The number of hydrogen-bond donors (Lipinski definition) is 1. The molecule has 2 heterocycles. The average molecular weight is 317 g/mol. The highest BCUT2D eigenvalue weighted by atomic mass is 16.5. The fourth-order valence-corrected chi connectivity index (χ4v) is 3.43. The molecule has 2 aliphatic heterocycles. The molecule has 0 aliphatic carbocycles. The van der Waals surface area contributed by atoms with Crippen LogP contribution in [-0.4, -0.2) is 45.3 Å². The van der Waals surface area contributed by atoms with Crippen LogP contribution in [0, 0.1) is 0 Å². The summed E-state index contributed by atoms with van der Waals surface area (Å²) in [5.41, 5.74) is 3.23. The standard InChI is InChI=1S/C18H27N3O2/c1-14(23-2)18(22)19-17-15(20-10-3-4-11-20)8-7-9-16(17)21-12-5-6-13-21/h7-9,14H,3-6,10-13H2,1-2H3,(H,19,22)/t14-/m1/s1. The van der Waals surface area contributed by atoms with Crippen LogP contribution in [0.5, 0.6) is 0 Å². The molecule has 2 fully saturated rings. The van der Waals surface area contributed by atoms with E-state index in [9.17, 15) is 4.79 Å². The van der Waals surface area contributed by atoms with Gasteiger partial charge in [0, 0.05) is 33.3 Å². The SMILES string of the molecule is CO[C@H](C)C(=O)Nc1c(N2CCCC2)cccc1N1CCCC1. The molecule has 1 atom stereocenters. The van der Waals surface area contributed by atoms with Crippen LogP contribution < -0.4 is 15.1 Å². The molecule has 126 valence electrons. The van der Waals surface area contributed by atoms with Crippen LogP contribution in [0.3, 0.4) is 0 Å². The summed E-state index contributed by atoms with van der Waals surface area (Å²) in [6.07, 6.45) is 4.42. The molecule has 1 aromatic rings. The Labute approximate surface area is 138 Å². The van der Waals surface area contributed by atoms with Crippen molar-refractivity contribution in [1.29, 1.82) is 0 Å². The molecule has 0 bridgehead atoms. The summed E-state index contributed by atoms with van der Waals surface area (Å²) in [5, 5.41) is 3.14. The number of nitrogens with zero attached hydrogens (tertiary/aromatic N) is 2. The summed E-state index contributed by atoms with van der Waals surface area (Å²) < 4.78 is 5.18. The van der Waals surface area contributed by atoms with Gasteiger partial charge < -0.3 is 19.9 Å². The minimum atomic E-state index is -0.451. The molecule has 5 heteroatoms. The van der Waals surface area contributed by atoms with E-state index in [1.54, 1.807) is 14.0 Å². The van der Waals surface area contributed by atoms with Crippen LogP contribution in [0.4, 0.5) is 17.1 Å². The van der Waals surface area contributed by atoms with Crippen LogP contribution in [0.15, 0.2) is 18.2 Å². The van der Waals surface area contributed by atoms with Gasteiger partial charge in [0.05, 0.1) is 17.1 Å². The lowest BCUT2D eigenvalue weighted by Crippen LogP contribution is -2.30. The van der Waals surface area contributed by atoms with Crippen molar-refractivity contribution in [3.8, 4) is 0 Å². The second kappa shape index (κ2) is 7.21. The summed E-state index contributed by atoms with van der Waals surface area (Å²) in [5.74, 6) is -0.0837. The Kier molecular flexibility index (Phi) is 5.06. The molecule has 0 radical (unpaired) electrons. The maximum Gasteiger partial charge on any atom is 0.253 e. The van der Waals surface area contributed by atoms with Gasteiger partial charge in [0.1, 0.15) is 6.10 Å². The van der Waals surface area contributed by atoms with Gasteiger partial charge in [0.25, 0.3) is 5.91 Å². The third-order valence-electron chi connectivity index (χ3n) is 4.88. The zero-order valence-electron chi connectivity index (χ0n) is 14.2. The molecular weight excluding hydrogens is 290 g/mol. The number of ether oxygens (including phenoxy) is 1. The number of rotatable bonds is 5. The van der Waals surface area contributed by atoms with Crippen molar-refractivity contribution in [3.05, 3.63) is 18.2 Å². The Balaban J connectivity index is 1.94. The number of amides is 1. The number of para-hydroxylation sites is 1. The average Bonchev–Trinajstić information content (AvgIpc) is 3.27. The van der Waals surface area contributed by atoms with Gasteiger partial charge in [-0.15, -0.1) is 0 Å². The molecule has 3 rings (SSSR count). The molecule has 5 nitrogen and oxygen atoms in total. The molecule has 0 unspecified atom stereocenters. The first-order valence-corrected chi connectivity index (χ1v) is 8.67. The summed E-state index contributed by atoms with van der Waals surface area (Å²) in [7, 11) is 1.57. The normalized spacial score (nSPS) is 19.2. The van der Waals surface area contributed by atoms with E-state index in [2.05, 4.69) is 33.3 Å². The maximum absolute atomic E-state index is 12.4. The van der Waals surface area contributed by atoms with Crippen LogP contribution >= 0.6 is 0 Å². The number of hydrogen-bond acceptors (Lipinski definition) is 4. The first kappa shape index (κ1) is 16.1. The highest BCUT2D eigenvalue weighted by Crippen LogP contribution is 2.38. The number of carbonyl (C=O) groups is 1. The van der Waals surface area contributed by atoms with E-state index in [1.807, 2.05) is 0 Å². The van der Waals surface area contributed by atoms with Crippen LogP contribution in [-0.2, 0) is 9.53 Å². The van der Waals surface area contributed by atoms with Gasteiger partial charge in [-0.1, -0.05) is 6.07 Å². The summed E-state index contributed by atoms with van der Waals surface area (Å²) in [6.45, 7) is 6.03. The molecule has 1 amide bonds. The predicted molar refractivity (Wildman–Crippen MR) is 94.4 cm³/mol. The Bertz CT molecular complexity index is 515. The van der Waals surface area contributed by atoms with E-state index >= 15 is 0 Å². The molecule has 0 aromatic heterocycles. The Morgan fingerprint density at radius 1 is 1.04 bits per heavy atom. The van der Waals surface area contributed by atoms with Crippen molar-refractivity contribution in [2.24, 2.45) is 0 Å². The quantitative estimate of drug-likeness (QED) is 0.907. The van der Waals surface area contributed by atoms with Crippen LogP contribution in [0.2, 0.25) is 0 Å². The summed E-state index contributed by atoms with van der Waals surface area (Å²) >= 11 is 0. The van der Waals surface area contributed by atoms with Crippen LogP contribution in [0.25, 0.3) is 0 Å². The van der Waals surface area contributed by atoms with Gasteiger partial charge in [-0.2, -0.15) is 0 Å². The minimum absolute atomic E-state index is 0.0837. The van der Waals surface area contributed by atoms with E-state index in [-0.39, 0.29) is 5.91 Å². The van der Waals surface area contributed by atoms with Crippen molar-refractivity contribution in [2.45, 2.75) is 38.7 Å². The number of carbonyl (C=O) groups excluding carboxylic acids is 1. The molecule has 1 aromatic carbocycles. The Morgan fingerprint density at radius 2 is 1.52 bits per heavy atom. The topological polar surface area (TPSA) is 44.8 Å². The maximum atomic E-state index is 12.4. The van der Waals surface area contributed by atoms with Gasteiger partial charge in [-0.05, 0) is 44.7 Å². The summed E-state index contributed by atoms with van der Waals surface area (Å²) in [4.78, 5) is 17.2. The Morgan fingerprint density at radius 3 is 1.96 bits per heavy atom. The zero-order chi connectivity index (χ0) is 16.2. The monoisotopic (exact) mass is 317 g/mol.